The van der Waals surface area contributed by atoms with E-state index in [9.17, 15) is 10.1 Å². The number of benzene rings is 2. The quantitative estimate of drug-likeness (QED) is 0.0546. The maximum atomic E-state index is 10.8. The van der Waals surface area contributed by atoms with Crippen molar-refractivity contribution >= 4 is 29.4 Å². The molecule has 0 aromatic heterocycles. The van der Waals surface area contributed by atoms with Crippen LogP contribution >= 0.6 is 11.8 Å². The molecule has 0 bridgehead atoms. The van der Waals surface area contributed by atoms with Crippen LogP contribution in [0.1, 0.15) is 115 Å². The lowest BCUT2D eigenvalue weighted by Crippen LogP contribution is -1.94. The second-order valence-corrected chi connectivity index (χ2v) is 11.0. The summed E-state index contributed by atoms with van der Waals surface area (Å²) in [5.74, 6) is 1.11. The molecule has 6 heteroatoms. The fourth-order valence-electron chi connectivity index (χ4n) is 4.38. The van der Waals surface area contributed by atoms with Crippen LogP contribution in [0.25, 0.3) is 0 Å². The van der Waals surface area contributed by atoms with Crippen molar-refractivity contribution in [2.45, 2.75) is 115 Å². The minimum Gasteiger partial charge on any atom is -0.277 e. The zero-order valence-electron chi connectivity index (χ0n) is 22.8. The molecule has 0 aliphatic carbocycles. The zero-order valence-corrected chi connectivity index (χ0v) is 23.7. The Morgan fingerprint density at radius 2 is 1.27 bits per heavy atom. The third-order valence-corrected chi connectivity index (χ3v) is 7.80. The summed E-state index contributed by atoms with van der Waals surface area (Å²) in [4.78, 5) is 11.6. The summed E-state index contributed by atoms with van der Waals surface area (Å²) >= 11 is 1.87. The molecule has 0 spiro atoms. The van der Waals surface area contributed by atoms with Gasteiger partial charge in [0.25, 0.3) is 5.69 Å². The highest BCUT2D eigenvalue weighted by atomic mass is 32.2. The van der Waals surface area contributed by atoms with Crippen molar-refractivity contribution in [2.24, 2.45) is 5.10 Å². The molecule has 2 aromatic carbocycles. The molecule has 37 heavy (non-hydrogen) atoms. The van der Waals surface area contributed by atoms with E-state index in [0.29, 0.717) is 0 Å². The van der Waals surface area contributed by atoms with Crippen LogP contribution in [-0.4, -0.2) is 16.9 Å². The molecule has 0 unspecified atom stereocenters. The third-order valence-electron chi connectivity index (χ3n) is 6.65. The van der Waals surface area contributed by atoms with Crippen LogP contribution in [-0.2, 0) is 0 Å². The van der Waals surface area contributed by atoms with Crippen LogP contribution in [0.2, 0.25) is 0 Å². The second-order valence-electron chi connectivity index (χ2n) is 9.87. The van der Waals surface area contributed by atoms with E-state index in [2.05, 4.69) is 29.6 Å². The van der Waals surface area contributed by atoms with Gasteiger partial charge in [-0.15, -0.1) is 11.8 Å². The maximum absolute atomic E-state index is 10.8. The number of nitro benzene ring substituents is 1. The van der Waals surface area contributed by atoms with Gasteiger partial charge in [0.1, 0.15) is 0 Å². The number of hydrogen-bond acceptors (Lipinski definition) is 5. The number of unbranched alkanes of at least 4 members (excludes halogenated alkanes) is 15. The van der Waals surface area contributed by atoms with Gasteiger partial charge in [-0.05, 0) is 42.0 Å². The van der Waals surface area contributed by atoms with Gasteiger partial charge in [-0.3, -0.25) is 15.5 Å². The Morgan fingerprint density at radius 3 is 1.81 bits per heavy atom. The Bertz CT molecular complexity index is 886. The summed E-state index contributed by atoms with van der Waals surface area (Å²) in [7, 11) is 0. The smallest absolute Gasteiger partial charge is 0.269 e. The van der Waals surface area contributed by atoms with Crippen molar-refractivity contribution in [1.82, 2.24) is 0 Å². The van der Waals surface area contributed by atoms with Crippen LogP contribution in [0.5, 0.6) is 0 Å². The molecule has 0 aliphatic heterocycles. The standard InChI is InChI=1S/C31H47N3O2S/c1-2-3-4-5-6-7-8-9-10-11-12-13-14-15-16-19-26-37-31-21-18-17-20-30(31)33-32-27-28-22-24-29(25-23-28)34(35)36/h17-18,20-25,27,33H,2-16,19,26H2,1H3/b32-27-. The Morgan fingerprint density at radius 1 is 0.757 bits per heavy atom. The first-order valence-electron chi connectivity index (χ1n) is 14.5. The van der Waals surface area contributed by atoms with Gasteiger partial charge in [0, 0.05) is 17.0 Å². The van der Waals surface area contributed by atoms with E-state index in [0.717, 1.165) is 17.0 Å². The van der Waals surface area contributed by atoms with Crippen LogP contribution in [0.4, 0.5) is 11.4 Å². The molecule has 5 nitrogen and oxygen atoms in total. The summed E-state index contributed by atoms with van der Waals surface area (Å²) in [5.41, 5.74) is 5.01. The Kier molecular flexibility index (Phi) is 17.3. The predicted octanol–water partition coefficient (Wildman–Crippen LogP) is 10.4. The van der Waals surface area contributed by atoms with E-state index in [1.165, 1.54) is 120 Å². The topological polar surface area (TPSA) is 67.5 Å². The van der Waals surface area contributed by atoms with Crippen molar-refractivity contribution < 1.29 is 4.92 Å². The van der Waals surface area contributed by atoms with Gasteiger partial charge in [0.15, 0.2) is 0 Å². The summed E-state index contributed by atoms with van der Waals surface area (Å²) in [6.45, 7) is 2.28. The van der Waals surface area contributed by atoms with Crippen LogP contribution in [0.15, 0.2) is 58.5 Å². The van der Waals surface area contributed by atoms with Crippen molar-refractivity contribution in [3.8, 4) is 0 Å². The van der Waals surface area contributed by atoms with Crippen LogP contribution in [0.3, 0.4) is 0 Å². The van der Waals surface area contributed by atoms with E-state index in [-0.39, 0.29) is 5.69 Å². The molecule has 2 aromatic rings. The molecular weight excluding hydrogens is 478 g/mol. The molecule has 0 atom stereocenters. The highest BCUT2D eigenvalue weighted by molar-refractivity contribution is 7.99. The van der Waals surface area contributed by atoms with Gasteiger partial charge in [0.2, 0.25) is 0 Å². The van der Waals surface area contributed by atoms with E-state index in [1.54, 1.807) is 18.3 Å². The van der Waals surface area contributed by atoms with Gasteiger partial charge >= 0.3 is 0 Å². The number of hydrazone groups is 1. The van der Waals surface area contributed by atoms with E-state index in [4.69, 9.17) is 0 Å². The van der Waals surface area contributed by atoms with Gasteiger partial charge in [-0.2, -0.15) is 5.10 Å². The second kappa shape index (κ2) is 20.7. The number of nitrogens with one attached hydrogen (secondary N) is 1. The monoisotopic (exact) mass is 525 g/mol. The number of nitro groups is 1. The van der Waals surface area contributed by atoms with Crippen LogP contribution < -0.4 is 5.43 Å². The molecule has 0 saturated heterocycles. The maximum Gasteiger partial charge on any atom is 0.269 e. The lowest BCUT2D eigenvalue weighted by Gasteiger charge is -2.08. The number of hydrogen-bond donors (Lipinski definition) is 1. The zero-order chi connectivity index (χ0) is 26.4. The Hall–Kier alpha value is -2.34. The van der Waals surface area contributed by atoms with Gasteiger partial charge in [-0.1, -0.05) is 115 Å². The first kappa shape index (κ1) is 30.9. The molecule has 0 heterocycles. The number of non-ortho nitro benzene ring substituents is 1. The molecule has 0 aliphatic rings. The fraction of sp³-hybridized carbons (Fsp3) is 0.581. The fourth-order valence-corrected chi connectivity index (χ4v) is 5.39. The lowest BCUT2D eigenvalue weighted by atomic mass is 10.0. The van der Waals surface area contributed by atoms with Crippen molar-refractivity contribution in [1.29, 1.82) is 0 Å². The highest BCUT2D eigenvalue weighted by Crippen LogP contribution is 2.28. The minimum absolute atomic E-state index is 0.0842. The molecule has 1 N–H and O–H groups in total. The first-order chi connectivity index (χ1) is 18.2. The van der Waals surface area contributed by atoms with Gasteiger partial charge in [0.05, 0.1) is 16.8 Å². The molecular formula is C31H47N3O2S. The number of para-hydroxylation sites is 1. The molecule has 0 radical (unpaired) electrons. The number of thioether (sulfide) groups is 1. The molecule has 204 valence electrons. The van der Waals surface area contributed by atoms with Crippen molar-refractivity contribution in [3.63, 3.8) is 0 Å². The van der Waals surface area contributed by atoms with Gasteiger partial charge < -0.3 is 0 Å². The molecule has 0 fully saturated rings. The normalized spacial score (nSPS) is 11.3. The van der Waals surface area contributed by atoms with Gasteiger partial charge in [-0.25, -0.2) is 0 Å². The van der Waals surface area contributed by atoms with Crippen molar-refractivity contribution in [2.75, 3.05) is 11.2 Å². The molecule has 2 rings (SSSR count). The van der Waals surface area contributed by atoms with E-state index < -0.39 is 4.92 Å². The number of nitrogens with zero attached hydrogens (tertiary/aromatic N) is 2. The van der Waals surface area contributed by atoms with E-state index in [1.807, 2.05) is 23.9 Å². The lowest BCUT2D eigenvalue weighted by molar-refractivity contribution is -0.384. The summed E-state index contributed by atoms with van der Waals surface area (Å²) in [6.07, 6.45) is 24.0. The Balaban J connectivity index is 1.48. The molecule has 0 saturated carbocycles. The average molecular weight is 526 g/mol. The largest absolute Gasteiger partial charge is 0.277 e. The Labute approximate surface area is 229 Å². The summed E-state index contributed by atoms with van der Waals surface area (Å²) in [5, 5.41) is 15.1. The van der Waals surface area contributed by atoms with E-state index >= 15 is 0 Å². The minimum atomic E-state index is -0.397. The van der Waals surface area contributed by atoms with Crippen molar-refractivity contribution in [3.05, 3.63) is 64.2 Å². The third kappa shape index (κ3) is 14.9. The predicted molar refractivity (Wildman–Crippen MR) is 161 cm³/mol. The first-order valence-corrected chi connectivity index (χ1v) is 15.4. The van der Waals surface area contributed by atoms with Crippen LogP contribution in [0, 0.1) is 10.1 Å². The summed E-state index contributed by atoms with van der Waals surface area (Å²) in [6, 6.07) is 14.6. The number of rotatable bonds is 22. The average Bonchev–Trinajstić information content (AvgIpc) is 2.91. The highest BCUT2D eigenvalue weighted by Gasteiger charge is 2.04. The number of anilines is 1. The SMILES string of the molecule is CCCCCCCCCCCCCCCCCCSc1ccccc1N/N=C\c1ccc([N+](=O)[O-])cc1. The summed E-state index contributed by atoms with van der Waals surface area (Å²) < 4.78 is 0. The molecule has 0 amide bonds.